The van der Waals surface area contributed by atoms with Gasteiger partial charge in [0.05, 0.1) is 37.1 Å². The van der Waals surface area contributed by atoms with Crippen LogP contribution in [0, 0.1) is 13.8 Å². The molecule has 0 spiro atoms. The number of carbonyl (C=O) groups is 1. The maximum absolute atomic E-state index is 12.9. The van der Waals surface area contributed by atoms with Crippen molar-refractivity contribution in [1.82, 2.24) is 14.1 Å². The first-order valence-electron chi connectivity index (χ1n) is 6.56. The standard InChI is InChI=1S/C12H19N3O5S/c1-8-12(9(2)14(3)13-8)21(18,19)15-4-5-20-7-10(15)6-11(16)17/h10H,4-7H2,1-3H3,(H,16,17). The number of sulfonamides is 1. The topological polar surface area (TPSA) is 102 Å². The molecule has 1 aliphatic heterocycles. The summed E-state index contributed by atoms with van der Waals surface area (Å²) in [7, 11) is -2.11. The van der Waals surface area contributed by atoms with Gasteiger partial charge in [0, 0.05) is 13.6 Å². The van der Waals surface area contributed by atoms with Crippen molar-refractivity contribution in [2.75, 3.05) is 19.8 Å². The Balaban J connectivity index is 2.43. The van der Waals surface area contributed by atoms with Crippen LogP contribution in [0.5, 0.6) is 0 Å². The van der Waals surface area contributed by atoms with Gasteiger partial charge in [-0.1, -0.05) is 0 Å². The van der Waals surface area contributed by atoms with Gasteiger partial charge in [-0.3, -0.25) is 9.48 Å². The molecular weight excluding hydrogens is 298 g/mol. The summed E-state index contributed by atoms with van der Waals surface area (Å²) < 4.78 is 33.7. The van der Waals surface area contributed by atoms with E-state index in [0.29, 0.717) is 11.4 Å². The Labute approximate surface area is 123 Å². The number of rotatable bonds is 4. The molecule has 1 N–H and O–H groups in total. The smallest absolute Gasteiger partial charge is 0.305 e. The summed E-state index contributed by atoms with van der Waals surface area (Å²) in [5, 5.41) is 13.1. The van der Waals surface area contributed by atoms with E-state index >= 15 is 0 Å². The number of morpholine rings is 1. The molecule has 0 amide bonds. The summed E-state index contributed by atoms with van der Waals surface area (Å²) >= 11 is 0. The predicted octanol–water partition coefficient (Wildman–Crippen LogP) is -0.0989. The first kappa shape index (κ1) is 15.9. The third kappa shape index (κ3) is 2.94. The molecule has 0 aliphatic carbocycles. The molecule has 0 bridgehead atoms. The highest BCUT2D eigenvalue weighted by atomic mass is 32.2. The fraction of sp³-hybridized carbons (Fsp3) is 0.667. The molecule has 2 rings (SSSR count). The lowest BCUT2D eigenvalue weighted by molar-refractivity contribution is -0.139. The Morgan fingerprint density at radius 1 is 1.48 bits per heavy atom. The van der Waals surface area contributed by atoms with Gasteiger partial charge in [-0.2, -0.15) is 9.40 Å². The lowest BCUT2D eigenvalue weighted by Crippen LogP contribution is -2.49. The fourth-order valence-corrected chi connectivity index (χ4v) is 4.56. The van der Waals surface area contributed by atoms with E-state index in [-0.39, 0.29) is 31.1 Å². The third-order valence-corrected chi connectivity index (χ3v) is 5.80. The third-order valence-electron chi connectivity index (χ3n) is 3.59. The molecule has 2 heterocycles. The molecule has 1 aromatic heterocycles. The molecule has 9 heteroatoms. The average molecular weight is 317 g/mol. The lowest BCUT2D eigenvalue weighted by Gasteiger charge is -2.33. The van der Waals surface area contributed by atoms with Gasteiger partial charge in [0.25, 0.3) is 0 Å². The molecule has 0 radical (unpaired) electrons. The van der Waals surface area contributed by atoms with Crippen LogP contribution in [0.2, 0.25) is 0 Å². The van der Waals surface area contributed by atoms with Gasteiger partial charge in [0.15, 0.2) is 0 Å². The normalized spacial score (nSPS) is 20.6. The molecule has 118 valence electrons. The average Bonchev–Trinajstić information content (AvgIpc) is 2.63. The molecular formula is C12H19N3O5S. The van der Waals surface area contributed by atoms with Gasteiger partial charge in [0.1, 0.15) is 4.90 Å². The van der Waals surface area contributed by atoms with E-state index in [2.05, 4.69) is 5.10 Å². The second-order valence-electron chi connectivity index (χ2n) is 5.07. The Bertz CT molecular complexity index is 652. The maximum Gasteiger partial charge on any atom is 0.305 e. The van der Waals surface area contributed by atoms with Crippen molar-refractivity contribution < 1.29 is 23.1 Å². The van der Waals surface area contributed by atoms with E-state index < -0.39 is 22.0 Å². The van der Waals surface area contributed by atoms with Crippen LogP contribution in [0.1, 0.15) is 17.8 Å². The highest BCUT2D eigenvalue weighted by molar-refractivity contribution is 7.89. The van der Waals surface area contributed by atoms with Gasteiger partial charge >= 0.3 is 5.97 Å². The van der Waals surface area contributed by atoms with E-state index in [4.69, 9.17) is 9.84 Å². The fourth-order valence-electron chi connectivity index (χ4n) is 2.56. The molecule has 1 saturated heterocycles. The number of hydrogen-bond donors (Lipinski definition) is 1. The molecule has 1 aliphatic rings. The molecule has 8 nitrogen and oxygen atoms in total. The SMILES string of the molecule is Cc1nn(C)c(C)c1S(=O)(=O)N1CCOCC1CC(=O)O. The first-order valence-corrected chi connectivity index (χ1v) is 8.00. The maximum atomic E-state index is 12.9. The summed E-state index contributed by atoms with van der Waals surface area (Å²) in [6, 6.07) is -0.694. The number of aryl methyl sites for hydroxylation is 2. The van der Waals surface area contributed by atoms with Gasteiger partial charge in [-0.25, -0.2) is 8.42 Å². The van der Waals surface area contributed by atoms with Crippen LogP contribution in [-0.4, -0.2) is 59.4 Å². The van der Waals surface area contributed by atoms with E-state index in [1.54, 1.807) is 20.9 Å². The first-order chi connectivity index (χ1) is 9.75. The van der Waals surface area contributed by atoms with Crippen molar-refractivity contribution in [1.29, 1.82) is 0 Å². The number of aliphatic carboxylic acids is 1. The van der Waals surface area contributed by atoms with Crippen LogP contribution >= 0.6 is 0 Å². The Hall–Kier alpha value is -1.45. The van der Waals surface area contributed by atoms with E-state index in [9.17, 15) is 13.2 Å². The number of ether oxygens (including phenoxy) is 1. The predicted molar refractivity (Wildman–Crippen MR) is 73.4 cm³/mol. The van der Waals surface area contributed by atoms with Gasteiger partial charge in [0.2, 0.25) is 10.0 Å². The Morgan fingerprint density at radius 2 is 2.14 bits per heavy atom. The van der Waals surface area contributed by atoms with Crippen LogP contribution < -0.4 is 0 Å². The Kier molecular flexibility index (Phi) is 4.35. The summed E-state index contributed by atoms with van der Waals surface area (Å²) in [5.41, 5.74) is 0.948. The molecule has 1 fully saturated rings. The van der Waals surface area contributed by atoms with Crippen molar-refractivity contribution in [3.63, 3.8) is 0 Å². The van der Waals surface area contributed by atoms with E-state index in [1.165, 1.54) is 8.99 Å². The van der Waals surface area contributed by atoms with Crippen LogP contribution in [0.4, 0.5) is 0 Å². The summed E-state index contributed by atoms with van der Waals surface area (Å²) in [5.74, 6) is -1.05. The zero-order valence-corrected chi connectivity index (χ0v) is 13.1. The number of hydrogen-bond acceptors (Lipinski definition) is 5. The van der Waals surface area contributed by atoms with Crippen molar-refractivity contribution >= 4 is 16.0 Å². The monoisotopic (exact) mass is 317 g/mol. The highest BCUT2D eigenvalue weighted by Crippen LogP contribution is 2.26. The number of carboxylic acid groups (broad SMARTS) is 1. The second-order valence-corrected chi connectivity index (χ2v) is 6.89. The van der Waals surface area contributed by atoms with Crippen molar-refractivity contribution in [2.24, 2.45) is 7.05 Å². The quantitative estimate of drug-likeness (QED) is 0.832. The van der Waals surface area contributed by atoms with Crippen molar-refractivity contribution in [2.45, 2.75) is 31.2 Å². The zero-order chi connectivity index (χ0) is 15.8. The lowest BCUT2D eigenvalue weighted by atomic mass is 10.2. The van der Waals surface area contributed by atoms with Crippen LogP contribution in [-0.2, 0) is 26.6 Å². The molecule has 21 heavy (non-hydrogen) atoms. The van der Waals surface area contributed by atoms with Crippen LogP contribution in [0.3, 0.4) is 0 Å². The molecule has 0 saturated carbocycles. The zero-order valence-electron chi connectivity index (χ0n) is 12.2. The molecule has 1 aromatic rings. The highest BCUT2D eigenvalue weighted by Gasteiger charge is 2.38. The number of carboxylic acids is 1. The summed E-state index contributed by atoms with van der Waals surface area (Å²) in [4.78, 5) is 11.1. The largest absolute Gasteiger partial charge is 0.481 e. The van der Waals surface area contributed by atoms with Gasteiger partial charge in [-0.05, 0) is 13.8 Å². The minimum Gasteiger partial charge on any atom is -0.481 e. The minimum atomic E-state index is -3.79. The van der Waals surface area contributed by atoms with Gasteiger partial charge in [-0.15, -0.1) is 0 Å². The molecule has 1 unspecified atom stereocenters. The molecule has 1 atom stereocenters. The summed E-state index contributed by atoms with van der Waals surface area (Å²) in [6.45, 7) is 3.80. The van der Waals surface area contributed by atoms with Crippen molar-refractivity contribution in [3.05, 3.63) is 11.4 Å². The second kappa shape index (κ2) is 5.74. The summed E-state index contributed by atoms with van der Waals surface area (Å²) in [6.07, 6.45) is -0.280. The number of nitrogens with zero attached hydrogens (tertiary/aromatic N) is 3. The van der Waals surface area contributed by atoms with Crippen LogP contribution in [0.25, 0.3) is 0 Å². The molecule has 0 aromatic carbocycles. The van der Waals surface area contributed by atoms with Gasteiger partial charge < -0.3 is 9.84 Å². The van der Waals surface area contributed by atoms with E-state index in [0.717, 1.165) is 0 Å². The Morgan fingerprint density at radius 3 is 2.67 bits per heavy atom. The van der Waals surface area contributed by atoms with E-state index in [1.807, 2.05) is 0 Å². The minimum absolute atomic E-state index is 0.0872. The van der Waals surface area contributed by atoms with Crippen molar-refractivity contribution in [3.8, 4) is 0 Å². The van der Waals surface area contributed by atoms with Crippen LogP contribution in [0.15, 0.2) is 4.90 Å². The number of aromatic nitrogens is 2.